The van der Waals surface area contributed by atoms with E-state index in [0.29, 0.717) is 6.54 Å². The van der Waals surface area contributed by atoms with Crippen molar-refractivity contribution in [1.29, 1.82) is 0 Å². The highest BCUT2D eigenvalue weighted by atomic mass is 79.9. The molecule has 1 aliphatic rings. The van der Waals surface area contributed by atoms with Gasteiger partial charge in [0.25, 0.3) is 0 Å². The Kier molecular flexibility index (Phi) is 3.09. The van der Waals surface area contributed by atoms with Crippen LogP contribution in [-0.2, 0) is 19.6 Å². The Balaban J connectivity index is 1.94. The minimum Gasteiger partial charge on any atom is -0.362 e. The summed E-state index contributed by atoms with van der Waals surface area (Å²) in [5.74, 6) is 1.11. The highest BCUT2D eigenvalue weighted by Crippen LogP contribution is 2.27. The van der Waals surface area contributed by atoms with E-state index in [-0.39, 0.29) is 0 Å². The largest absolute Gasteiger partial charge is 0.362 e. The molecule has 0 radical (unpaired) electrons. The third-order valence-electron chi connectivity index (χ3n) is 3.35. The van der Waals surface area contributed by atoms with Gasteiger partial charge in [-0.15, -0.1) is 0 Å². The van der Waals surface area contributed by atoms with Gasteiger partial charge >= 0.3 is 0 Å². The van der Waals surface area contributed by atoms with E-state index in [4.69, 9.17) is 5.73 Å². The standard InChI is InChI=1S/C13H15BrN4/c14-11-2-1-10(8-15)12(7-11)18-6-5-17-4-3-16-13(17)9-18/h1-4,7H,5-6,8-9,15H2. The van der Waals surface area contributed by atoms with Crippen LogP contribution in [0.15, 0.2) is 35.1 Å². The molecule has 0 bridgehead atoms. The minimum absolute atomic E-state index is 0.563. The molecule has 0 aliphatic carbocycles. The number of anilines is 1. The second kappa shape index (κ2) is 4.74. The molecular weight excluding hydrogens is 292 g/mol. The van der Waals surface area contributed by atoms with E-state index >= 15 is 0 Å². The summed E-state index contributed by atoms with van der Waals surface area (Å²) in [5, 5.41) is 0. The Bertz CT molecular complexity index is 564. The Morgan fingerprint density at radius 2 is 2.22 bits per heavy atom. The number of halogens is 1. The summed E-state index contributed by atoms with van der Waals surface area (Å²) in [7, 11) is 0. The zero-order valence-corrected chi connectivity index (χ0v) is 11.6. The molecule has 0 atom stereocenters. The van der Waals surface area contributed by atoms with E-state index in [2.05, 4.69) is 42.5 Å². The zero-order valence-electron chi connectivity index (χ0n) is 10.0. The second-order valence-electron chi connectivity index (χ2n) is 4.44. The predicted molar refractivity (Wildman–Crippen MR) is 75.3 cm³/mol. The van der Waals surface area contributed by atoms with Crippen molar-refractivity contribution in [1.82, 2.24) is 9.55 Å². The number of aromatic nitrogens is 2. The molecular formula is C13H15BrN4. The molecule has 0 amide bonds. The lowest BCUT2D eigenvalue weighted by Crippen LogP contribution is -2.34. The molecule has 2 heterocycles. The summed E-state index contributed by atoms with van der Waals surface area (Å²) in [4.78, 5) is 6.73. The third-order valence-corrected chi connectivity index (χ3v) is 3.85. The number of nitrogens with two attached hydrogens (primary N) is 1. The molecule has 2 N–H and O–H groups in total. The van der Waals surface area contributed by atoms with Crippen LogP contribution in [0.4, 0.5) is 5.69 Å². The van der Waals surface area contributed by atoms with Crippen molar-refractivity contribution in [3.8, 4) is 0 Å². The zero-order chi connectivity index (χ0) is 12.5. The molecule has 1 aromatic carbocycles. The number of hydrogen-bond acceptors (Lipinski definition) is 3. The Morgan fingerprint density at radius 1 is 1.33 bits per heavy atom. The van der Waals surface area contributed by atoms with Crippen molar-refractivity contribution in [3.05, 3.63) is 46.5 Å². The van der Waals surface area contributed by atoms with E-state index in [1.807, 2.05) is 18.5 Å². The monoisotopic (exact) mass is 306 g/mol. The number of nitrogens with zero attached hydrogens (tertiary/aromatic N) is 3. The van der Waals surface area contributed by atoms with Gasteiger partial charge in [-0.1, -0.05) is 22.0 Å². The van der Waals surface area contributed by atoms with Crippen molar-refractivity contribution in [2.75, 3.05) is 11.4 Å². The number of rotatable bonds is 2. The van der Waals surface area contributed by atoms with Crippen LogP contribution in [0.1, 0.15) is 11.4 Å². The van der Waals surface area contributed by atoms with E-state index in [0.717, 1.165) is 29.9 Å². The summed E-state index contributed by atoms with van der Waals surface area (Å²) >= 11 is 3.53. The first-order chi connectivity index (χ1) is 8.78. The topological polar surface area (TPSA) is 47.1 Å². The third kappa shape index (κ3) is 2.04. The van der Waals surface area contributed by atoms with Gasteiger partial charge in [-0.25, -0.2) is 4.98 Å². The first kappa shape index (κ1) is 11.7. The molecule has 18 heavy (non-hydrogen) atoms. The predicted octanol–water partition coefficient (Wildman–Crippen LogP) is 2.12. The summed E-state index contributed by atoms with van der Waals surface area (Å²) in [6.45, 7) is 3.38. The Labute approximate surface area is 115 Å². The molecule has 1 aliphatic heterocycles. The fourth-order valence-corrected chi connectivity index (χ4v) is 2.73. The van der Waals surface area contributed by atoms with Crippen LogP contribution in [0, 0.1) is 0 Å². The maximum absolute atomic E-state index is 5.82. The summed E-state index contributed by atoms with van der Waals surface area (Å²) in [5.41, 5.74) is 8.21. The lowest BCUT2D eigenvalue weighted by molar-refractivity contribution is 0.559. The van der Waals surface area contributed by atoms with Crippen LogP contribution in [0.25, 0.3) is 0 Å². The molecule has 3 rings (SSSR count). The lowest BCUT2D eigenvalue weighted by atomic mass is 10.1. The highest BCUT2D eigenvalue weighted by molar-refractivity contribution is 9.10. The molecule has 0 unspecified atom stereocenters. The van der Waals surface area contributed by atoms with E-state index < -0.39 is 0 Å². The molecule has 0 saturated carbocycles. The minimum atomic E-state index is 0.563. The van der Waals surface area contributed by atoms with E-state index in [1.165, 1.54) is 11.3 Å². The molecule has 0 spiro atoms. The number of fused-ring (bicyclic) bond motifs is 1. The second-order valence-corrected chi connectivity index (χ2v) is 5.35. The Morgan fingerprint density at radius 3 is 3.06 bits per heavy atom. The summed E-state index contributed by atoms with van der Waals surface area (Å²) in [6.07, 6.45) is 3.90. The van der Waals surface area contributed by atoms with Crippen molar-refractivity contribution in [2.24, 2.45) is 5.73 Å². The van der Waals surface area contributed by atoms with Crippen LogP contribution >= 0.6 is 15.9 Å². The average molecular weight is 307 g/mol. The van der Waals surface area contributed by atoms with Gasteiger partial charge in [0.1, 0.15) is 5.82 Å². The van der Waals surface area contributed by atoms with Gasteiger partial charge in [0.15, 0.2) is 0 Å². The first-order valence-corrected chi connectivity index (χ1v) is 6.80. The summed E-state index contributed by atoms with van der Waals surface area (Å²) in [6, 6.07) is 6.26. The van der Waals surface area contributed by atoms with Gasteiger partial charge in [0.2, 0.25) is 0 Å². The Hall–Kier alpha value is -1.33. The normalized spacial score (nSPS) is 14.7. The molecule has 5 heteroatoms. The van der Waals surface area contributed by atoms with Crippen molar-refractivity contribution < 1.29 is 0 Å². The van der Waals surface area contributed by atoms with Crippen molar-refractivity contribution in [2.45, 2.75) is 19.6 Å². The number of imidazole rings is 1. The van der Waals surface area contributed by atoms with Gasteiger partial charge in [0, 0.05) is 42.2 Å². The fourth-order valence-electron chi connectivity index (χ4n) is 2.38. The van der Waals surface area contributed by atoms with Gasteiger partial charge in [0.05, 0.1) is 6.54 Å². The van der Waals surface area contributed by atoms with Crippen LogP contribution < -0.4 is 10.6 Å². The lowest BCUT2D eigenvalue weighted by Gasteiger charge is -2.31. The van der Waals surface area contributed by atoms with Gasteiger partial charge < -0.3 is 15.2 Å². The van der Waals surface area contributed by atoms with Crippen LogP contribution in [-0.4, -0.2) is 16.1 Å². The van der Waals surface area contributed by atoms with Crippen LogP contribution in [0.5, 0.6) is 0 Å². The van der Waals surface area contributed by atoms with Crippen LogP contribution in [0.3, 0.4) is 0 Å². The van der Waals surface area contributed by atoms with E-state index in [9.17, 15) is 0 Å². The maximum atomic E-state index is 5.82. The molecule has 94 valence electrons. The number of benzene rings is 1. The highest BCUT2D eigenvalue weighted by Gasteiger charge is 2.18. The van der Waals surface area contributed by atoms with Gasteiger partial charge in [-0.05, 0) is 17.7 Å². The average Bonchev–Trinajstić information content (AvgIpc) is 2.85. The molecule has 2 aromatic rings. The first-order valence-electron chi connectivity index (χ1n) is 6.01. The number of hydrogen-bond donors (Lipinski definition) is 1. The van der Waals surface area contributed by atoms with E-state index in [1.54, 1.807) is 0 Å². The smallest absolute Gasteiger partial charge is 0.128 e. The molecule has 0 fully saturated rings. The van der Waals surface area contributed by atoms with Crippen molar-refractivity contribution in [3.63, 3.8) is 0 Å². The molecule has 0 saturated heterocycles. The fraction of sp³-hybridized carbons (Fsp3) is 0.308. The summed E-state index contributed by atoms with van der Waals surface area (Å²) < 4.78 is 3.29. The SMILES string of the molecule is NCc1ccc(Br)cc1N1CCn2ccnc2C1. The quantitative estimate of drug-likeness (QED) is 0.924. The van der Waals surface area contributed by atoms with Crippen LogP contribution in [0.2, 0.25) is 0 Å². The van der Waals surface area contributed by atoms with Gasteiger partial charge in [-0.3, -0.25) is 0 Å². The van der Waals surface area contributed by atoms with Gasteiger partial charge in [-0.2, -0.15) is 0 Å². The molecule has 4 nitrogen and oxygen atoms in total. The van der Waals surface area contributed by atoms with Crippen molar-refractivity contribution >= 4 is 21.6 Å². The molecule has 1 aromatic heterocycles. The maximum Gasteiger partial charge on any atom is 0.128 e.